The largest absolute Gasteiger partial charge is 0.390 e. The average molecular weight is 511 g/mol. The Kier molecular flexibility index (Phi) is 7.80. The summed E-state index contributed by atoms with van der Waals surface area (Å²) in [4.78, 5) is 11.9. The molecule has 0 fully saturated rings. The van der Waals surface area contributed by atoms with Gasteiger partial charge in [-0.2, -0.15) is 5.10 Å². The van der Waals surface area contributed by atoms with Crippen LogP contribution in [0, 0.1) is 11.6 Å². The molecule has 0 aliphatic heterocycles. The van der Waals surface area contributed by atoms with Crippen molar-refractivity contribution < 1.29 is 18.7 Å². The van der Waals surface area contributed by atoms with E-state index < -0.39 is 29.3 Å². The molecule has 3 aromatic rings. The molecule has 198 valence electrons. The number of rotatable bonds is 8. The van der Waals surface area contributed by atoms with Crippen molar-refractivity contribution in [3.63, 3.8) is 0 Å². The van der Waals surface area contributed by atoms with Crippen molar-refractivity contribution >= 4 is 5.91 Å². The molecule has 1 aromatic heterocycles. The van der Waals surface area contributed by atoms with Crippen molar-refractivity contribution in [2.45, 2.75) is 76.5 Å². The van der Waals surface area contributed by atoms with Crippen LogP contribution in [0.5, 0.6) is 0 Å². The number of hydrogen-bond donors (Lipinski definition) is 4. The lowest BCUT2D eigenvalue weighted by atomic mass is 9.74. The van der Waals surface area contributed by atoms with Crippen LogP contribution in [0.15, 0.2) is 48.7 Å². The quantitative estimate of drug-likeness (QED) is 0.368. The van der Waals surface area contributed by atoms with E-state index >= 15 is 0 Å². The summed E-state index contributed by atoms with van der Waals surface area (Å²) in [7, 11) is 0. The third-order valence-electron chi connectivity index (χ3n) is 7.26. The standard InChI is InChI=1S/C29H36F2N4O2/c1-18(36)34-26(12-19-10-23(30)14-24(31)11-19)27(37)17-32-29(9-8-25-20(15-29)16-33-35-25)22-7-5-6-21(13-22)28(2,3)4/h5-7,10-11,13-14,16,26-27,32,37H,8-9,12,15,17H2,1-4H3,(H,33,35)(H,34,36)/t26-,27+,29?/m0/s1. The molecule has 0 radical (unpaired) electrons. The van der Waals surface area contributed by atoms with Gasteiger partial charge in [0.25, 0.3) is 0 Å². The first-order valence-electron chi connectivity index (χ1n) is 12.7. The first-order valence-corrected chi connectivity index (χ1v) is 12.7. The zero-order chi connectivity index (χ0) is 26.8. The predicted molar refractivity (Wildman–Crippen MR) is 139 cm³/mol. The topological polar surface area (TPSA) is 90.0 Å². The van der Waals surface area contributed by atoms with Gasteiger partial charge in [-0.15, -0.1) is 0 Å². The molecular formula is C29H36F2N4O2. The Balaban J connectivity index is 1.60. The van der Waals surface area contributed by atoms with Gasteiger partial charge >= 0.3 is 0 Å². The highest BCUT2D eigenvalue weighted by atomic mass is 19.1. The molecule has 1 aliphatic carbocycles. The monoisotopic (exact) mass is 510 g/mol. The highest BCUT2D eigenvalue weighted by molar-refractivity contribution is 5.73. The van der Waals surface area contributed by atoms with Gasteiger partial charge in [0.05, 0.1) is 18.3 Å². The molecule has 0 saturated carbocycles. The van der Waals surface area contributed by atoms with Crippen LogP contribution in [0.3, 0.4) is 0 Å². The minimum atomic E-state index is -0.997. The predicted octanol–water partition coefficient (Wildman–Crippen LogP) is 4.07. The second-order valence-corrected chi connectivity index (χ2v) is 11.2. The number of aliphatic hydroxyl groups is 1. The summed E-state index contributed by atoms with van der Waals surface area (Å²) in [5, 5.41) is 24.9. The maximum atomic E-state index is 13.8. The lowest BCUT2D eigenvalue weighted by Crippen LogP contribution is -2.54. The van der Waals surface area contributed by atoms with Crippen LogP contribution < -0.4 is 10.6 Å². The lowest BCUT2D eigenvalue weighted by molar-refractivity contribution is -0.120. The van der Waals surface area contributed by atoms with Crippen LogP contribution in [0.25, 0.3) is 0 Å². The van der Waals surface area contributed by atoms with Crippen LogP contribution in [-0.2, 0) is 35.0 Å². The number of halogens is 2. The first kappa shape index (κ1) is 26.9. The molecule has 4 rings (SSSR count). The number of nitrogens with one attached hydrogen (secondary N) is 3. The van der Waals surface area contributed by atoms with Crippen LogP contribution in [0.4, 0.5) is 8.78 Å². The van der Waals surface area contributed by atoms with Crippen molar-refractivity contribution in [3.8, 4) is 0 Å². The molecular weight excluding hydrogens is 474 g/mol. The van der Waals surface area contributed by atoms with E-state index in [1.54, 1.807) is 0 Å². The van der Waals surface area contributed by atoms with Gasteiger partial charge in [-0.05, 0) is 65.5 Å². The van der Waals surface area contributed by atoms with E-state index in [9.17, 15) is 18.7 Å². The molecule has 37 heavy (non-hydrogen) atoms. The Morgan fingerprint density at radius 3 is 2.59 bits per heavy atom. The van der Waals surface area contributed by atoms with E-state index in [0.29, 0.717) is 12.0 Å². The van der Waals surface area contributed by atoms with Crippen LogP contribution >= 0.6 is 0 Å². The number of aromatic nitrogens is 2. The highest BCUT2D eigenvalue weighted by Crippen LogP contribution is 2.37. The van der Waals surface area contributed by atoms with E-state index in [0.717, 1.165) is 35.7 Å². The molecule has 6 nitrogen and oxygen atoms in total. The first-order chi connectivity index (χ1) is 17.4. The molecule has 1 unspecified atom stereocenters. The van der Waals surface area contributed by atoms with E-state index in [1.165, 1.54) is 24.6 Å². The number of amides is 1. The summed E-state index contributed by atoms with van der Waals surface area (Å²) in [6.07, 6.45) is 3.24. The maximum absolute atomic E-state index is 13.8. The number of aliphatic hydroxyl groups excluding tert-OH is 1. The Labute approximate surface area is 216 Å². The van der Waals surface area contributed by atoms with Gasteiger partial charge in [-0.1, -0.05) is 45.0 Å². The average Bonchev–Trinajstić information content (AvgIpc) is 3.28. The summed E-state index contributed by atoms with van der Waals surface area (Å²) in [6.45, 7) is 8.07. The van der Waals surface area contributed by atoms with Crippen LogP contribution in [0.2, 0.25) is 0 Å². The van der Waals surface area contributed by atoms with Gasteiger partial charge in [0.1, 0.15) is 11.6 Å². The zero-order valence-corrected chi connectivity index (χ0v) is 21.9. The fourth-order valence-corrected chi connectivity index (χ4v) is 5.21. The third-order valence-corrected chi connectivity index (χ3v) is 7.26. The van der Waals surface area contributed by atoms with E-state index in [4.69, 9.17) is 0 Å². The number of carbonyl (C=O) groups is 1. The Hall–Kier alpha value is -3.10. The zero-order valence-electron chi connectivity index (χ0n) is 21.9. The van der Waals surface area contributed by atoms with Gasteiger partial charge in [0.2, 0.25) is 5.91 Å². The molecule has 4 N–H and O–H groups in total. The molecule has 1 aliphatic rings. The smallest absolute Gasteiger partial charge is 0.217 e. The molecule has 2 aromatic carbocycles. The number of nitrogens with zero attached hydrogens (tertiary/aromatic N) is 1. The van der Waals surface area contributed by atoms with Crippen molar-refractivity contribution in [3.05, 3.63) is 88.2 Å². The van der Waals surface area contributed by atoms with Crippen molar-refractivity contribution in [1.82, 2.24) is 20.8 Å². The molecule has 8 heteroatoms. The number of fused-ring (bicyclic) bond motifs is 1. The van der Waals surface area contributed by atoms with Crippen LogP contribution in [0.1, 0.15) is 62.1 Å². The molecule has 0 spiro atoms. The number of aryl methyl sites for hydroxylation is 1. The van der Waals surface area contributed by atoms with Gasteiger partial charge in [-0.3, -0.25) is 9.89 Å². The highest BCUT2D eigenvalue weighted by Gasteiger charge is 2.38. The fraction of sp³-hybridized carbons (Fsp3) is 0.448. The van der Waals surface area contributed by atoms with Gasteiger partial charge in [0.15, 0.2) is 0 Å². The van der Waals surface area contributed by atoms with Crippen molar-refractivity contribution in [2.24, 2.45) is 0 Å². The second kappa shape index (κ2) is 10.7. The maximum Gasteiger partial charge on any atom is 0.217 e. The number of H-pyrrole nitrogens is 1. The summed E-state index contributed by atoms with van der Waals surface area (Å²) >= 11 is 0. The Morgan fingerprint density at radius 2 is 1.92 bits per heavy atom. The molecule has 0 saturated heterocycles. The van der Waals surface area contributed by atoms with Gasteiger partial charge < -0.3 is 15.7 Å². The Bertz CT molecular complexity index is 1230. The number of hydrogen-bond acceptors (Lipinski definition) is 4. The molecule has 1 heterocycles. The minimum Gasteiger partial charge on any atom is -0.390 e. The van der Waals surface area contributed by atoms with E-state index in [-0.39, 0.29) is 24.3 Å². The molecule has 3 atom stereocenters. The third kappa shape index (κ3) is 6.43. The second-order valence-electron chi connectivity index (χ2n) is 11.2. The SMILES string of the molecule is CC(=O)N[C@@H](Cc1cc(F)cc(F)c1)[C@H](O)CNC1(c2cccc(C(C)(C)C)c2)CCc2[nH]ncc2C1. The summed E-state index contributed by atoms with van der Waals surface area (Å²) < 4.78 is 27.5. The molecule has 1 amide bonds. The van der Waals surface area contributed by atoms with Crippen LogP contribution in [-0.4, -0.2) is 39.9 Å². The molecule has 0 bridgehead atoms. The van der Waals surface area contributed by atoms with Crippen molar-refractivity contribution in [2.75, 3.05) is 6.54 Å². The summed E-state index contributed by atoms with van der Waals surface area (Å²) in [6, 6.07) is 11.1. The lowest BCUT2D eigenvalue weighted by Gasteiger charge is -2.40. The van der Waals surface area contributed by atoms with Crippen molar-refractivity contribution in [1.29, 1.82) is 0 Å². The normalized spacial score (nSPS) is 19.2. The number of aromatic amines is 1. The van der Waals surface area contributed by atoms with E-state index in [2.05, 4.69) is 65.9 Å². The summed E-state index contributed by atoms with van der Waals surface area (Å²) in [5.41, 5.74) is 4.48. The fourth-order valence-electron chi connectivity index (χ4n) is 5.21. The number of benzene rings is 2. The summed E-state index contributed by atoms with van der Waals surface area (Å²) in [5.74, 6) is -1.71. The van der Waals surface area contributed by atoms with Gasteiger partial charge in [-0.25, -0.2) is 8.78 Å². The van der Waals surface area contributed by atoms with E-state index in [1.807, 2.05) is 6.20 Å². The number of carbonyl (C=O) groups excluding carboxylic acids is 1. The Morgan fingerprint density at radius 1 is 1.19 bits per heavy atom. The minimum absolute atomic E-state index is 0.0249. The van der Waals surface area contributed by atoms with Gasteiger partial charge in [0, 0.05) is 30.8 Å².